The third kappa shape index (κ3) is 5.38. The molecule has 0 aromatic rings. The van der Waals surface area contributed by atoms with Gasteiger partial charge in [0.05, 0.1) is 18.1 Å². The monoisotopic (exact) mass is 292 g/mol. The number of hydrogen-bond donors (Lipinski definition) is 2. The third-order valence-electron chi connectivity index (χ3n) is 3.74. The predicted octanol–water partition coefficient (Wildman–Crippen LogP) is 0.244. The molecule has 1 aliphatic rings. The molecule has 1 rings (SSSR count). The van der Waals surface area contributed by atoms with Crippen LogP contribution in [0.1, 0.15) is 34.1 Å². The zero-order chi connectivity index (χ0) is 14.7. The van der Waals surface area contributed by atoms with Gasteiger partial charge >= 0.3 is 0 Å². The van der Waals surface area contributed by atoms with Crippen LogP contribution < -0.4 is 5.32 Å². The summed E-state index contributed by atoms with van der Waals surface area (Å²) in [6.45, 7) is 9.60. The van der Waals surface area contributed by atoms with Crippen molar-refractivity contribution in [1.82, 2.24) is 10.2 Å². The predicted molar refractivity (Wildman–Crippen MR) is 78.1 cm³/mol. The van der Waals surface area contributed by atoms with Crippen molar-refractivity contribution < 1.29 is 13.5 Å². The molecule has 1 saturated heterocycles. The van der Waals surface area contributed by atoms with Crippen LogP contribution in [0.25, 0.3) is 0 Å². The Hall–Kier alpha value is -0.170. The van der Waals surface area contributed by atoms with Gasteiger partial charge in [0.1, 0.15) is 0 Å². The van der Waals surface area contributed by atoms with Gasteiger partial charge in [-0.15, -0.1) is 0 Å². The number of rotatable bonds is 6. The molecule has 1 fully saturated rings. The Labute approximate surface area is 117 Å². The van der Waals surface area contributed by atoms with Crippen LogP contribution in [-0.4, -0.2) is 67.2 Å². The molecule has 0 aliphatic carbocycles. The summed E-state index contributed by atoms with van der Waals surface area (Å²) in [6.07, 6.45) is 0.812. The van der Waals surface area contributed by atoms with Gasteiger partial charge < -0.3 is 10.4 Å². The van der Waals surface area contributed by atoms with Crippen LogP contribution in [0.2, 0.25) is 0 Å². The van der Waals surface area contributed by atoms with E-state index in [1.807, 2.05) is 13.8 Å². The summed E-state index contributed by atoms with van der Waals surface area (Å²) in [6, 6.07) is 0.386. The first-order valence-corrected chi connectivity index (χ1v) is 8.83. The van der Waals surface area contributed by atoms with Gasteiger partial charge in [0, 0.05) is 30.7 Å². The molecule has 0 aromatic carbocycles. The second kappa shape index (κ2) is 6.52. The van der Waals surface area contributed by atoms with E-state index in [1.54, 1.807) is 0 Å². The second-order valence-corrected chi connectivity index (χ2v) is 8.50. The maximum Gasteiger partial charge on any atom is 0.153 e. The molecule has 0 saturated carbocycles. The van der Waals surface area contributed by atoms with Crippen molar-refractivity contribution in [3.05, 3.63) is 0 Å². The summed E-state index contributed by atoms with van der Waals surface area (Å²) >= 11 is 0. The minimum atomic E-state index is -2.85. The average molecular weight is 292 g/mol. The Morgan fingerprint density at radius 2 is 2.11 bits per heavy atom. The fourth-order valence-corrected chi connectivity index (χ4v) is 4.27. The molecule has 1 aliphatic heterocycles. The molecule has 1 heterocycles. The Bertz CT molecular complexity index is 383. The number of sulfone groups is 1. The molecule has 0 aromatic heterocycles. The number of aliphatic hydroxyl groups excluding tert-OH is 1. The van der Waals surface area contributed by atoms with Gasteiger partial charge in [-0.05, 0) is 20.3 Å². The van der Waals surface area contributed by atoms with Crippen LogP contribution in [-0.2, 0) is 9.84 Å². The third-order valence-corrected chi connectivity index (χ3v) is 5.54. The van der Waals surface area contributed by atoms with Gasteiger partial charge in [-0.1, -0.05) is 13.8 Å². The largest absolute Gasteiger partial charge is 0.394 e. The number of nitrogens with one attached hydrogen (secondary N) is 1. The standard InChI is InChI=1S/C13H28N2O3S/c1-11(2)14-13(4,10-16)5-6-15-7-8-19(17,18)9-12(15)3/h11-12,14,16H,5-10H2,1-4H3. The van der Waals surface area contributed by atoms with E-state index in [2.05, 4.69) is 24.1 Å². The van der Waals surface area contributed by atoms with Crippen molar-refractivity contribution in [3.8, 4) is 0 Å². The van der Waals surface area contributed by atoms with Crippen LogP contribution >= 0.6 is 0 Å². The highest BCUT2D eigenvalue weighted by molar-refractivity contribution is 7.91. The van der Waals surface area contributed by atoms with Crippen molar-refractivity contribution in [2.24, 2.45) is 0 Å². The molecule has 2 atom stereocenters. The summed E-state index contributed by atoms with van der Waals surface area (Å²) in [4.78, 5) is 2.21. The second-order valence-electron chi connectivity index (χ2n) is 6.27. The van der Waals surface area contributed by atoms with Crippen LogP contribution in [0.3, 0.4) is 0 Å². The molecule has 19 heavy (non-hydrogen) atoms. The molecule has 0 spiro atoms. The summed E-state index contributed by atoms with van der Waals surface area (Å²) in [5.74, 6) is 0.505. The van der Waals surface area contributed by atoms with Crippen LogP contribution in [0.4, 0.5) is 0 Å². The van der Waals surface area contributed by atoms with E-state index in [1.165, 1.54) is 0 Å². The smallest absolute Gasteiger partial charge is 0.153 e. The first kappa shape index (κ1) is 16.9. The van der Waals surface area contributed by atoms with E-state index in [-0.39, 0.29) is 29.7 Å². The Kier molecular flexibility index (Phi) is 5.79. The topological polar surface area (TPSA) is 69.6 Å². The molecule has 0 bridgehead atoms. The van der Waals surface area contributed by atoms with Gasteiger partial charge in [0.15, 0.2) is 9.84 Å². The van der Waals surface area contributed by atoms with Crippen molar-refractivity contribution in [3.63, 3.8) is 0 Å². The Balaban J connectivity index is 2.52. The fourth-order valence-electron chi connectivity index (χ4n) is 2.65. The average Bonchev–Trinajstić information content (AvgIpc) is 2.26. The van der Waals surface area contributed by atoms with Crippen molar-refractivity contribution in [2.45, 2.75) is 51.7 Å². The summed E-state index contributed by atoms with van der Waals surface area (Å²) < 4.78 is 23.1. The van der Waals surface area contributed by atoms with E-state index < -0.39 is 9.84 Å². The number of aliphatic hydroxyl groups is 1. The molecule has 2 N–H and O–H groups in total. The quantitative estimate of drug-likeness (QED) is 0.734. The maximum atomic E-state index is 11.5. The molecular formula is C13H28N2O3S. The molecule has 5 nitrogen and oxygen atoms in total. The normalized spacial score (nSPS) is 27.4. The maximum absolute atomic E-state index is 11.5. The lowest BCUT2D eigenvalue weighted by molar-refractivity contribution is 0.129. The number of nitrogens with zero attached hydrogens (tertiary/aromatic N) is 1. The molecule has 6 heteroatoms. The van der Waals surface area contributed by atoms with Gasteiger partial charge in [-0.3, -0.25) is 4.90 Å². The highest BCUT2D eigenvalue weighted by atomic mass is 32.2. The fraction of sp³-hybridized carbons (Fsp3) is 1.00. The molecule has 2 unspecified atom stereocenters. The highest BCUT2D eigenvalue weighted by Crippen LogP contribution is 2.16. The van der Waals surface area contributed by atoms with E-state index >= 15 is 0 Å². The van der Waals surface area contributed by atoms with Gasteiger partial charge in [0.25, 0.3) is 0 Å². The zero-order valence-corrected chi connectivity index (χ0v) is 13.3. The van der Waals surface area contributed by atoms with E-state index in [4.69, 9.17) is 0 Å². The van der Waals surface area contributed by atoms with Gasteiger partial charge in [-0.25, -0.2) is 8.42 Å². The lowest BCUT2D eigenvalue weighted by atomic mass is 9.97. The Morgan fingerprint density at radius 1 is 1.47 bits per heavy atom. The van der Waals surface area contributed by atoms with E-state index in [9.17, 15) is 13.5 Å². The van der Waals surface area contributed by atoms with Crippen molar-refractivity contribution >= 4 is 9.84 Å². The minimum absolute atomic E-state index is 0.0701. The van der Waals surface area contributed by atoms with Crippen molar-refractivity contribution in [1.29, 1.82) is 0 Å². The van der Waals surface area contributed by atoms with Crippen LogP contribution in [0.5, 0.6) is 0 Å². The van der Waals surface area contributed by atoms with Gasteiger partial charge in [0.2, 0.25) is 0 Å². The van der Waals surface area contributed by atoms with E-state index in [0.29, 0.717) is 12.6 Å². The SMILES string of the molecule is CC(C)NC(C)(CO)CCN1CCS(=O)(=O)CC1C. The van der Waals surface area contributed by atoms with Crippen molar-refractivity contribution in [2.75, 3.05) is 31.2 Å². The zero-order valence-electron chi connectivity index (χ0n) is 12.5. The first-order chi connectivity index (χ1) is 8.67. The molecule has 0 amide bonds. The molecular weight excluding hydrogens is 264 g/mol. The summed E-state index contributed by atoms with van der Waals surface area (Å²) in [5, 5.41) is 12.9. The first-order valence-electron chi connectivity index (χ1n) is 7.00. The lowest BCUT2D eigenvalue weighted by Gasteiger charge is -2.37. The van der Waals surface area contributed by atoms with Gasteiger partial charge in [-0.2, -0.15) is 0 Å². The highest BCUT2D eigenvalue weighted by Gasteiger charge is 2.30. The Morgan fingerprint density at radius 3 is 2.58 bits per heavy atom. The summed E-state index contributed by atoms with van der Waals surface area (Å²) in [5.41, 5.74) is -0.301. The lowest BCUT2D eigenvalue weighted by Crippen LogP contribution is -2.53. The van der Waals surface area contributed by atoms with Crippen LogP contribution in [0, 0.1) is 0 Å². The van der Waals surface area contributed by atoms with Crippen LogP contribution in [0.15, 0.2) is 0 Å². The minimum Gasteiger partial charge on any atom is -0.394 e. The molecule has 0 radical (unpaired) electrons. The number of hydrogen-bond acceptors (Lipinski definition) is 5. The molecule has 114 valence electrons. The van der Waals surface area contributed by atoms with E-state index in [0.717, 1.165) is 13.0 Å². The summed E-state index contributed by atoms with van der Waals surface area (Å²) in [7, 11) is -2.85.